The van der Waals surface area contributed by atoms with Gasteiger partial charge in [0.25, 0.3) is 10.0 Å². The molecule has 0 N–H and O–H groups in total. The molecule has 2 bridgehead atoms. The predicted molar refractivity (Wildman–Crippen MR) is 62.1 cm³/mol. The molecule has 0 spiro atoms. The minimum atomic E-state index is -3.44. The van der Waals surface area contributed by atoms with E-state index in [9.17, 15) is 8.42 Å². The standard InChI is InChI=1S/C12H9NO2S/c14-16(15,12-4-2-1-3-5-12)13-10-6-7-11(13)9-8-10/h1-9H. The maximum Gasteiger partial charge on any atom is 0.268 e. The number of benzene rings is 2. The van der Waals surface area contributed by atoms with Crippen LogP contribution in [0.4, 0.5) is 0 Å². The lowest BCUT2D eigenvalue weighted by Crippen LogP contribution is -2.10. The van der Waals surface area contributed by atoms with E-state index in [1.54, 1.807) is 54.6 Å². The Morgan fingerprint density at radius 3 is 1.75 bits per heavy atom. The van der Waals surface area contributed by atoms with Crippen LogP contribution in [0.15, 0.2) is 59.5 Å². The predicted octanol–water partition coefficient (Wildman–Crippen LogP) is 2.32. The molecule has 2 aromatic heterocycles. The van der Waals surface area contributed by atoms with E-state index in [1.165, 1.54) is 3.97 Å². The van der Waals surface area contributed by atoms with Gasteiger partial charge in [-0.15, -0.1) is 0 Å². The summed E-state index contributed by atoms with van der Waals surface area (Å²) in [6.07, 6.45) is 0. The van der Waals surface area contributed by atoms with Crippen molar-refractivity contribution in [2.45, 2.75) is 4.90 Å². The lowest BCUT2D eigenvalue weighted by molar-refractivity contribution is 0.590. The molecule has 0 unspecified atom stereocenters. The molecule has 0 amide bonds. The Balaban J connectivity index is 2.29. The summed E-state index contributed by atoms with van der Waals surface area (Å²) < 4.78 is 26.0. The van der Waals surface area contributed by atoms with Crippen molar-refractivity contribution in [3.05, 3.63) is 54.6 Å². The van der Waals surface area contributed by atoms with E-state index in [0.717, 1.165) is 0 Å². The van der Waals surface area contributed by atoms with Gasteiger partial charge >= 0.3 is 0 Å². The number of rotatable bonds is 2. The molecule has 4 heteroatoms. The molecular formula is C12H9NO2S. The van der Waals surface area contributed by atoms with E-state index in [1.807, 2.05) is 0 Å². The van der Waals surface area contributed by atoms with Crippen molar-refractivity contribution in [2.24, 2.45) is 0 Å². The first-order chi connectivity index (χ1) is 7.69. The van der Waals surface area contributed by atoms with Gasteiger partial charge in [0.1, 0.15) is 0 Å². The molecule has 0 saturated carbocycles. The van der Waals surface area contributed by atoms with Crippen molar-refractivity contribution in [1.82, 2.24) is 3.97 Å². The van der Waals surface area contributed by atoms with Gasteiger partial charge in [0.15, 0.2) is 0 Å². The van der Waals surface area contributed by atoms with E-state index >= 15 is 0 Å². The second-order valence-electron chi connectivity index (χ2n) is 3.60. The lowest BCUT2D eigenvalue weighted by Gasteiger charge is -2.05. The third kappa shape index (κ3) is 1.17. The van der Waals surface area contributed by atoms with Gasteiger partial charge in [0, 0.05) is 0 Å². The smallest absolute Gasteiger partial charge is 0.235 e. The van der Waals surface area contributed by atoms with Gasteiger partial charge in [-0.3, -0.25) is 0 Å². The second kappa shape index (κ2) is 3.09. The maximum absolute atomic E-state index is 12.3. The summed E-state index contributed by atoms with van der Waals surface area (Å²) in [6, 6.07) is 15.7. The lowest BCUT2D eigenvalue weighted by atomic mass is 10.4. The number of hydrogen-bond acceptors (Lipinski definition) is 2. The molecule has 0 atom stereocenters. The van der Waals surface area contributed by atoms with Crippen molar-refractivity contribution in [3.63, 3.8) is 0 Å². The minimum Gasteiger partial charge on any atom is -0.235 e. The largest absolute Gasteiger partial charge is 0.268 e. The Bertz CT molecular complexity index is 665. The van der Waals surface area contributed by atoms with Crippen LogP contribution < -0.4 is 0 Å². The number of nitrogens with zero attached hydrogens (tertiary/aromatic N) is 1. The fraction of sp³-hybridized carbons (Fsp3) is 0. The van der Waals surface area contributed by atoms with E-state index in [-0.39, 0.29) is 0 Å². The molecule has 2 heterocycles. The van der Waals surface area contributed by atoms with E-state index < -0.39 is 10.0 Å². The van der Waals surface area contributed by atoms with Crippen molar-refractivity contribution in [3.8, 4) is 0 Å². The van der Waals surface area contributed by atoms with E-state index in [0.29, 0.717) is 15.9 Å². The summed E-state index contributed by atoms with van der Waals surface area (Å²) in [5, 5.41) is 0. The molecule has 0 aliphatic heterocycles. The molecule has 3 rings (SSSR count). The third-order valence-electron chi connectivity index (χ3n) is 2.60. The molecule has 0 fully saturated rings. The van der Waals surface area contributed by atoms with Crippen molar-refractivity contribution < 1.29 is 8.42 Å². The molecule has 0 radical (unpaired) electrons. The van der Waals surface area contributed by atoms with Crippen molar-refractivity contribution in [2.75, 3.05) is 0 Å². The van der Waals surface area contributed by atoms with Crippen molar-refractivity contribution >= 4 is 21.1 Å². The van der Waals surface area contributed by atoms with Crippen LogP contribution in [0.5, 0.6) is 0 Å². The number of fused-ring (bicyclic) bond motifs is 2. The fourth-order valence-corrected chi connectivity index (χ4v) is 3.36. The molecule has 16 heavy (non-hydrogen) atoms. The Labute approximate surface area is 93.3 Å². The Morgan fingerprint density at radius 2 is 1.25 bits per heavy atom. The highest BCUT2D eigenvalue weighted by molar-refractivity contribution is 7.90. The van der Waals surface area contributed by atoms with Gasteiger partial charge in [-0.05, 0) is 36.4 Å². The molecule has 3 aromatic rings. The summed E-state index contributed by atoms with van der Waals surface area (Å²) >= 11 is 0. The summed E-state index contributed by atoms with van der Waals surface area (Å²) in [4.78, 5) is 0.317. The Morgan fingerprint density at radius 1 is 0.750 bits per heavy atom. The van der Waals surface area contributed by atoms with E-state index in [2.05, 4.69) is 0 Å². The molecular weight excluding hydrogens is 222 g/mol. The Kier molecular flexibility index (Phi) is 1.82. The summed E-state index contributed by atoms with van der Waals surface area (Å²) in [6.45, 7) is 0. The zero-order valence-electron chi connectivity index (χ0n) is 8.37. The average Bonchev–Trinajstić information content (AvgIpc) is 2.90. The second-order valence-corrected chi connectivity index (χ2v) is 5.39. The minimum absolute atomic E-state index is 0.317. The van der Waals surface area contributed by atoms with Gasteiger partial charge in [0.05, 0.1) is 15.9 Å². The van der Waals surface area contributed by atoms with Crippen LogP contribution in [0, 0.1) is 0 Å². The van der Waals surface area contributed by atoms with Crippen LogP contribution in [0.3, 0.4) is 0 Å². The van der Waals surface area contributed by atoms with Crippen LogP contribution >= 0.6 is 0 Å². The third-order valence-corrected chi connectivity index (χ3v) is 4.37. The molecule has 0 aliphatic carbocycles. The summed E-state index contributed by atoms with van der Waals surface area (Å²) in [7, 11) is -3.44. The normalized spacial score (nSPS) is 12.2. The highest BCUT2D eigenvalue weighted by Gasteiger charge is 2.20. The summed E-state index contributed by atoms with van der Waals surface area (Å²) in [5.41, 5.74) is 1.41. The molecule has 80 valence electrons. The maximum atomic E-state index is 12.3. The van der Waals surface area contributed by atoms with Crippen molar-refractivity contribution in [1.29, 1.82) is 0 Å². The monoisotopic (exact) mass is 231 g/mol. The van der Waals surface area contributed by atoms with E-state index in [4.69, 9.17) is 0 Å². The number of hydrogen-bond donors (Lipinski definition) is 0. The molecule has 3 nitrogen and oxygen atoms in total. The summed E-state index contributed by atoms with van der Waals surface area (Å²) in [5.74, 6) is 0. The average molecular weight is 231 g/mol. The van der Waals surface area contributed by atoms with Crippen LogP contribution in [0.25, 0.3) is 11.0 Å². The molecule has 0 saturated heterocycles. The zero-order valence-corrected chi connectivity index (χ0v) is 9.18. The van der Waals surface area contributed by atoms with Gasteiger partial charge in [-0.1, -0.05) is 18.2 Å². The highest BCUT2D eigenvalue weighted by Crippen LogP contribution is 2.23. The van der Waals surface area contributed by atoms with Gasteiger partial charge in [-0.25, -0.2) is 12.4 Å². The highest BCUT2D eigenvalue weighted by atomic mass is 32.2. The first-order valence-corrected chi connectivity index (χ1v) is 6.34. The van der Waals surface area contributed by atoms with Gasteiger partial charge in [-0.2, -0.15) is 0 Å². The van der Waals surface area contributed by atoms with Gasteiger partial charge in [0.2, 0.25) is 0 Å². The molecule has 1 aromatic carbocycles. The SMILES string of the molecule is O=S(=O)(c1ccccc1)n1c2ccc1cc2. The molecule has 0 aliphatic rings. The fourth-order valence-electron chi connectivity index (χ4n) is 1.85. The Hall–Kier alpha value is -1.81. The first kappa shape index (κ1) is 9.42. The first-order valence-electron chi connectivity index (χ1n) is 4.90. The van der Waals surface area contributed by atoms with Crippen LogP contribution in [-0.4, -0.2) is 12.4 Å². The number of aromatic nitrogens is 1. The van der Waals surface area contributed by atoms with Crippen LogP contribution in [-0.2, 0) is 10.0 Å². The quantitative estimate of drug-likeness (QED) is 0.679. The van der Waals surface area contributed by atoms with Gasteiger partial charge < -0.3 is 0 Å². The van der Waals surface area contributed by atoms with Crippen LogP contribution in [0.2, 0.25) is 0 Å². The zero-order chi connectivity index (χ0) is 11.2. The topological polar surface area (TPSA) is 39.1 Å². The van der Waals surface area contributed by atoms with Crippen LogP contribution in [0.1, 0.15) is 0 Å².